The summed E-state index contributed by atoms with van der Waals surface area (Å²) in [6.45, 7) is 15.2. The zero-order chi connectivity index (χ0) is 25.7. The zero-order valence-corrected chi connectivity index (χ0v) is 23.1. The van der Waals surface area contributed by atoms with E-state index in [1.165, 1.54) is 29.7 Å². The number of aromatic nitrogens is 1. The van der Waals surface area contributed by atoms with Gasteiger partial charge >= 0.3 is 0 Å². The van der Waals surface area contributed by atoms with Crippen molar-refractivity contribution < 1.29 is 4.79 Å². The van der Waals surface area contributed by atoms with Gasteiger partial charge in [-0.25, -0.2) is 9.98 Å². The van der Waals surface area contributed by atoms with Crippen molar-refractivity contribution in [2.45, 2.75) is 59.8 Å². The lowest BCUT2D eigenvalue weighted by Gasteiger charge is -2.39. The zero-order valence-electron chi connectivity index (χ0n) is 22.3. The van der Waals surface area contributed by atoms with Crippen LogP contribution < -0.4 is 15.5 Å². The number of hydrogen-bond acceptors (Lipinski definition) is 7. The van der Waals surface area contributed by atoms with Crippen LogP contribution >= 0.6 is 11.3 Å². The summed E-state index contributed by atoms with van der Waals surface area (Å²) in [4.78, 5) is 28.1. The van der Waals surface area contributed by atoms with Gasteiger partial charge in [0.05, 0.1) is 28.6 Å². The number of aryl methyl sites for hydroxylation is 1. The molecule has 194 valence electrons. The van der Waals surface area contributed by atoms with Gasteiger partial charge in [-0.05, 0) is 36.5 Å². The number of amidine groups is 1. The molecule has 1 fully saturated rings. The SMILES string of the molecule is CCCC(C)Cc1nc(C)c(C(=O)Nc2ccc(C(C)C)cc2N2CCN(C3=NC=CNC3)CC2)s1. The number of rotatable bonds is 8. The molecule has 0 radical (unpaired) electrons. The van der Waals surface area contributed by atoms with Crippen LogP contribution in [0.1, 0.15) is 72.4 Å². The Kier molecular flexibility index (Phi) is 8.67. The van der Waals surface area contributed by atoms with Gasteiger partial charge in [-0.2, -0.15) is 0 Å². The van der Waals surface area contributed by atoms with E-state index in [4.69, 9.17) is 4.98 Å². The van der Waals surface area contributed by atoms with Crippen molar-refractivity contribution >= 4 is 34.5 Å². The summed E-state index contributed by atoms with van der Waals surface area (Å²) in [5, 5.41) is 7.53. The molecular formula is C28H40N6OS. The molecule has 0 spiro atoms. The van der Waals surface area contributed by atoms with Crippen LogP contribution in [-0.2, 0) is 6.42 Å². The Labute approximate surface area is 219 Å². The molecule has 0 saturated carbocycles. The number of carbonyl (C=O) groups excluding carboxylic acids is 1. The first-order chi connectivity index (χ1) is 17.4. The van der Waals surface area contributed by atoms with Crippen molar-refractivity contribution in [1.29, 1.82) is 0 Å². The molecule has 2 aliphatic heterocycles. The second-order valence-electron chi connectivity index (χ2n) is 10.2. The molecular weight excluding hydrogens is 468 g/mol. The third-order valence-corrected chi connectivity index (χ3v) is 8.13. The van der Waals surface area contributed by atoms with Gasteiger partial charge in [0.1, 0.15) is 10.7 Å². The highest BCUT2D eigenvalue weighted by molar-refractivity contribution is 7.13. The summed E-state index contributed by atoms with van der Waals surface area (Å²) < 4.78 is 0. The van der Waals surface area contributed by atoms with Gasteiger partial charge < -0.3 is 20.4 Å². The number of amides is 1. The quantitative estimate of drug-likeness (QED) is 0.499. The van der Waals surface area contributed by atoms with Crippen molar-refractivity contribution in [2.75, 3.05) is 42.9 Å². The largest absolute Gasteiger partial charge is 0.382 e. The number of hydrogen-bond donors (Lipinski definition) is 2. The van der Waals surface area contributed by atoms with Crippen LogP contribution in [0, 0.1) is 12.8 Å². The van der Waals surface area contributed by atoms with E-state index in [0.717, 1.165) is 67.1 Å². The molecule has 1 unspecified atom stereocenters. The number of piperazine rings is 1. The minimum atomic E-state index is -0.0639. The van der Waals surface area contributed by atoms with E-state index >= 15 is 0 Å². The number of thiazole rings is 1. The summed E-state index contributed by atoms with van der Waals surface area (Å²) in [6, 6.07) is 6.44. The highest BCUT2D eigenvalue weighted by Gasteiger charge is 2.24. The molecule has 8 heteroatoms. The van der Waals surface area contributed by atoms with Gasteiger partial charge in [-0.1, -0.05) is 46.6 Å². The fourth-order valence-corrected chi connectivity index (χ4v) is 5.99. The Morgan fingerprint density at radius 2 is 1.92 bits per heavy atom. The Bertz CT molecular complexity index is 1110. The van der Waals surface area contributed by atoms with Crippen LogP contribution in [0.3, 0.4) is 0 Å². The lowest BCUT2D eigenvalue weighted by molar-refractivity contribution is 0.103. The Balaban J connectivity index is 1.51. The fourth-order valence-electron chi connectivity index (χ4n) is 4.87. The number of anilines is 2. The van der Waals surface area contributed by atoms with Crippen molar-refractivity contribution in [1.82, 2.24) is 15.2 Å². The lowest BCUT2D eigenvalue weighted by Crippen LogP contribution is -2.51. The van der Waals surface area contributed by atoms with Crippen molar-refractivity contribution in [2.24, 2.45) is 10.9 Å². The second kappa shape index (κ2) is 11.9. The summed E-state index contributed by atoms with van der Waals surface area (Å²) >= 11 is 1.54. The van der Waals surface area contributed by atoms with Crippen molar-refractivity contribution in [3.05, 3.63) is 51.7 Å². The van der Waals surface area contributed by atoms with Gasteiger partial charge in [0, 0.05) is 45.0 Å². The fraction of sp³-hybridized carbons (Fsp3) is 0.536. The summed E-state index contributed by atoms with van der Waals surface area (Å²) in [7, 11) is 0. The minimum Gasteiger partial charge on any atom is -0.382 e. The molecule has 1 amide bonds. The highest BCUT2D eigenvalue weighted by atomic mass is 32.1. The summed E-state index contributed by atoms with van der Waals surface area (Å²) in [5.41, 5.74) is 4.06. The third kappa shape index (κ3) is 6.27. The monoisotopic (exact) mass is 508 g/mol. The molecule has 4 rings (SSSR count). The summed E-state index contributed by atoms with van der Waals surface area (Å²) in [5.74, 6) is 2.02. The molecule has 1 aromatic heterocycles. The maximum Gasteiger partial charge on any atom is 0.267 e. The second-order valence-corrected chi connectivity index (χ2v) is 11.3. The number of aliphatic imine (C=N–C) groups is 1. The molecule has 1 saturated heterocycles. The van der Waals surface area contributed by atoms with Crippen LogP contribution in [0.4, 0.5) is 11.4 Å². The predicted molar refractivity (Wildman–Crippen MR) is 151 cm³/mol. The molecule has 3 heterocycles. The van der Waals surface area contributed by atoms with E-state index in [2.05, 4.69) is 71.3 Å². The molecule has 36 heavy (non-hydrogen) atoms. The van der Waals surface area contributed by atoms with Crippen LogP contribution in [0.15, 0.2) is 35.6 Å². The predicted octanol–water partition coefficient (Wildman–Crippen LogP) is 5.40. The first-order valence-electron chi connectivity index (χ1n) is 13.2. The topological polar surface area (TPSA) is 72.9 Å². The molecule has 7 nitrogen and oxygen atoms in total. The van der Waals surface area contributed by atoms with Gasteiger partial charge in [-0.15, -0.1) is 11.3 Å². The van der Waals surface area contributed by atoms with Crippen molar-refractivity contribution in [3.8, 4) is 0 Å². The number of carbonyl (C=O) groups is 1. The number of benzene rings is 1. The minimum absolute atomic E-state index is 0.0639. The molecule has 1 atom stereocenters. The molecule has 2 aromatic rings. The average molecular weight is 509 g/mol. The van der Waals surface area contributed by atoms with Crippen LogP contribution in [0.25, 0.3) is 0 Å². The van der Waals surface area contributed by atoms with Gasteiger partial charge in [-0.3, -0.25) is 4.79 Å². The van der Waals surface area contributed by atoms with E-state index in [-0.39, 0.29) is 5.91 Å². The van der Waals surface area contributed by atoms with Gasteiger partial charge in [0.15, 0.2) is 0 Å². The molecule has 2 aliphatic rings. The lowest BCUT2D eigenvalue weighted by atomic mass is 10.0. The first-order valence-corrected chi connectivity index (χ1v) is 14.0. The Morgan fingerprint density at radius 1 is 1.17 bits per heavy atom. The van der Waals surface area contributed by atoms with Crippen LogP contribution in [0.5, 0.6) is 0 Å². The first kappa shape index (κ1) is 26.2. The van der Waals surface area contributed by atoms with Crippen LogP contribution in [-0.4, -0.2) is 54.4 Å². The Morgan fingerprint density at radius 3 is 2.58 bits per heavy atom. The summed E-state index contributed by atoms with van der Waals surface area (Å²) in [6.07, 6.45) is 6.99. The maximum absolute atomic E-state index is 13.4. The van der Waals surface area contributed by atoms with E-state index in [1.807, 2.05) is 19.3 Å². The van der Waals surface area contributed by atoms with E-state index in [9.17, 15) is 4.79 Å². The molecule has 0 aliphatic carbocycles. The normalized spacial score (nSPS) is 16.7. The molecule has 1 aromatic carbocycles. The maximum atomic E-state index is 13.4. The highest BCUT2D eigenvalue weighted by Crippen LogP contribution is 2.32. The third-order valence-electron chi connectivity index (χ3n) is 6.95. The van der Waals surface area contributed by atoms with E-state index in [1.54, 1.807) is 0 Å². The van der Waals surface area contributed by atoms with Gasteiger partial charge in [0.2, 0.25) is 0 Å². The van der Waals surface area contributed by atoms with Crippen LogP contribution in [0.2, 0.25) is 0 Å². The number of nitrogens with one attached hydrogen (secondary N) is 2. The average Bonchev–Trinajstić information content (AvgIpc) is 3.24. The molecule has 2 N–H and O–H groups in total. The van der Waals surface area contributed by atoms with Crippen molar-refractivity contribution in [3.63, 3.8) is 0 Å². The van der Waals surface area contributed by atoms with E-state index < -0.39 is 0 Å². The number of nitrogens with zero attached hydrogens (tertiary/aromatic N) is 4. The smallest absolute Gasteiger partial charge is 0.267 e. The van der Waals surface area contributed by atoms with E-state index in [0.29, 0.717) is 16.7 Å². The standard InChI is InChI=1S/C28H40N6OS/c1-6-7-20(4)16-26-31-21(5)27(36-26)28(35)32-23-9-8-22(19(2)3)17-24(23)33-12-14-34(15-13-33)25-18-29-10-11-30-25/h8-11,17,19-20,29H,6-7,12-16,18H2,1-5H3,(H,32,35). The Hall–Kier alpha value is -2.87. The molecule has 0 bridgehead atoms. The van der Waals surface area contributed by atoms with Gasteiger partial charge in [0.25, 0.3) is 5.91 Å².